The molecule has 10 heavy (non-hydrogen) atoms. The minimum absolute atomic E-state index is 0.0446. The Kier molecular flexibility index (Phi) is 4.66. The van der Waals surface area contributed by atoms with E-state index in [1.807, 2.05) is 6.92 Å². The fraction of sp³-hybridized carbons (Fsp3) is 0.833. The van der Waals surface area contributed by atoms with Crippen molar-refractivity contribution in [2.24, 2.45) is 0 Å². The highest BCUT2D eigenvalue weighted by Gasteiger charge is 2.02. The minimum Gasteiger partial charge on any atom is -0.338 e. The van der Waals surface area contributed by atoms with Crippen LogP contribution in [0.4, 0.5) is 4.79 Å². The topological polar surface area (TPSA) is 44.4 Å². The predicted molar refractivity (Wildman–Crippen MR) is 40.8 cm³/mol. The smallest absolute Gasteiger partial charge is 0.318 e. The van der Waals surface area contributed by atoms with Gasteiger partial charge in [-0.2, -0.15) is 0 Å². The van der Waals surface area contributed by atoms with E-state index in [4.69, 9.17) is 0 Å². The van der Waals surface area contributed by atoms with Crippen molar-refractivity contribution in [2.75, 3.05) is 27.3 Å². The molecule has 0 saturated carbocycles. The van der Waals surface area contributed by atoms with E-state index in [1.165, 1.54) is 0 Å². The Morgan fingerprint density at radius 2 is 2.20 bits per heavy atom. The lowest BCUT2D eigenvalue weighted by Gasteiger charge is -2.15. The lowest BCUT2D eigenvalue weighted by Crippen LogP contribution is -2.41. The zero-order valence-corrected chi connectivity index (χ0v) is 6.77. The van der Waals surface area contributed by atoms with Gasteiger partial charge in [-0.3, -0.25) is 0 Å². The van der Waals surface area contributed by atoms with Crippen molar-refractivity contribution in [2.45, 2.75) is 6.92 Å². The third kappa shape index (κ3) is 3.29. The normalized spacial score (nSPS) is 9.10. The Hall–Kier alpha value is -0.770. The fourth-order valence-corrected chi connectivity index (χ4v) is 0.595. The molecule has 2 N–H and O–H groups in total. The van der Waals surface area contributed by atoms with Gasteiger partial charge in [0.05, 0.1) is 6.67 Å². The number of nitrogens with zero attached hydrogens (tertiary/aromatic N) is 1. The predicted octanol–water partition coefficient (Wildman–Crippen LogP) is -0.175. The highest BCUT2D eigenvalue weighted by molar-refractivity contribution is 5.73. The maximum Gasteiger partial charge on any atom is 0.318 e. The first kappa shape index (κ1) is 9.23. The van der Waals surface area contributed by atoms with E-state index in [9.17, 15) is 4.79 Å². The maximum atomic E-state index is 10.9. The molecule has 0 spiro atoms. The molecule has 2 amide bonds. The summed E-state index contributed by atoms with van der Waals surface area (Å²) in [5, 5.41) is 5.55. The summed E-state index contributed by atoms with van der Waals surface area (Å²) in [6, 6.07) is -0.0446. The van der Waals surface area contributed by atoms with Crippen LogP contribution >= 0.6 is 0 Å². The summed E-state index contributed by atoms with van der Waals surface area (Å²) in [4.78, 5) is 12.5. The average Bonchev–Trinajstić information content (AvgIpc) is 1.89. The van der Waals surface area contributed by atoms with E-state index < -0.39 is 0 Å². The van der Waals surface area contributed by atoms with Gasteiger partial charge in [0.25, 0.3) is 0 Å². The van der Waals surface area contributed by atoms with Crippen molar-refractivity contribution in [3.8, 4) is 0 Å². The maximum absolute atomic E-state index is 10.9. The lowest BCUT2D eigenvalue weighted by molar-refractivity contribution is 0.207. The molecule has 4 heteroatoms. The molecule has 0 aromatic rings. The molecule has 60 valence electrons. The van der Waals surface area contributed by atoms with Crippen LogP contribution in [0.2, 0.25) is 0 Å². The second-order valence-corrected chi connectivity index (χ2v) is 2.05. The largest absolute Gasteiger partial charge is 0.338 e. The Morgan fingerprint density at radius 3 is 2.60 bits per heavy atom. The second-order valence-electron chi connectivity index (χ2n) is 2.05. The van der Waals surface area contributed by atoms with Gasteiger partial charge in [-0.1, -0.05) is 0 Å². The van der Waals surface area contributed by atoms with E-state index in [2.05, 4.69) is 10.6 Å². The minimum atomic E-state index is -0.0446. The molecular formula is C6H15N3O. The van der Waals surface area contributed by atoms with Gasteiger partial charge < -0.3 is 15.5 Å². The number of carbonyl (C=O) groups is 1. The van der Waals surface area contributed by atoms with E-state index in [0.29, 0.717) is 13.2 Å². The number of carbonyl (C=O) groups excluding carboxylic acids is 1. The van der Waals surface area contributed by atoms with Gasteiger partial charge in [-0.25, -0.2) is 4.79 Å². The van der Waals surface area contributed by atoms with Gasteiger partial charge in [-0.15, -0.1) is 0 Å². The molecule has 0 aliphatic rings. The van der Waals surface area contributed by atoms with Crippen LogP contribution in [-0.4, -0.2) is 38.2 Å². The van der Waals surface area contributed by atoms with Gasteiger partial charge >= 0.3 is 6.03 Å². The Balaban J connectivity index is 3.49. The van der Waals surface area contributed by atoms with E-state index in [0.717, 1.165) is 0 Å². The van der Waals surface area contributed by atoms with Gasteiger partial charge in [0.1, 0.15) is 0 Å². The summed E-state index contributed by atoms with van der Waals surface area (Å²) >= 11 is 0. The van der Waals surface area contributed by atoms with E-state index in [1.54, 1.807) is 19.0 Å². The molecule has 0 fully saturated rings. The zero-order chi connectivity index (χ0) is 7.98. The summed E-state index contributed by atoms with van der Waals surface area (Å²) < 4.78 is 0. The highest BCUT2D eigenvalue weighted by Crippen LogP contribution is 1.78. The molecular weight excluding hydrogens is 130 g/mol. The number of urea groups is 1. The van der Waals surface area contributed by atoms with Crippen molar-refractivity contribution in [1.29, 1.82) is 0 Å². The monoisotopic (exact) mass is 145 g/mol. The highest BCUT2D eigenvalue weighted by atomic mass is 16.2. The number of hydrogen-bond donors (Lipinski definition) is 2. The van der Waals surface area contributed by atoms with Crippen LogP contribution in [0, 0.1) is 0 Å². The first-order valence-corrected chi connectivity index (χ1v) is 3.36. The summed E-state index contributed by atoms with van der Waals surface area (Å²) in [6.07, 6.45) is 0. The number of amides is 2. The molecule has 0 unspecified atom stereocenters. The number of rotatable bonds is 3. The number of nitrogens with one attached hydrogen (secondary N) is 2. The number of hydrogen-bond acceptors (Lipinski definition) is 2. The molecule has 0 aliphatic carbocycles. The third-order valence-electron chi connectivity index (χ3n) is 1.07. The summed E-state index contributed by atoms with van der Waals surface area (Å²) in [5.74, 6) is 0. The molecule has 0 atom stereocenters. The van der Waals surface area contributed by atoms with Crippen molar-refractivity contribution >= 4 is 6.03 Å². The molecule has 0 aromatic carbocycles. The van der Waals surface area contributed by atoms with Gasteiger partial charge in [-0.05, 0) is 14.0 Å². The van der Waals surface area contributed by atoms with Crippen molar-refractivity contribution in [3.05, 3.63) is 0 Å². The summed E-state index contributed by atoms with van der Waals surface area (Å²) in [6.45, 7) is 3.14. The molecule has 0 aliphatic heterocycles. The molecule has 0 rings (SSSR count). The van der Waals surface area contributed by atoms with Crippen LogP contribution in [-0.2, 0) is 0 Å². The fourth-order valence-electron chi connectivity index (χ4n) is 0.595. The molecule has 0 bridgehead atoms. The Morgan fingerprint density at radius 1 is 1.60 bits per heavy atom. The molecule has 0 heterocycles. The second kappa shape index (κ2) is 5.05. The Labute approximate surface area is 61.6 Å². The average molecular weight is 145 g/mol. The zero-order valence-electron chi connectivity index (χ0n) is 6.77. The molecule has 0 aromatic heterocycles. The quantitative estimate of drug-likeness (QED) is 0.541. The van der Waals surface area contributed by atoms with Crippen LogP contribution in [0.5, 0.6) is 0 Å². The van der Waals surface area contributed by atoms with Crippen LogP contribution in [0.3, 0.4) is 0 Å². The van der Waals surface area contributed by atoms with Crippen molar-refractivity contribution in [1.82, 2.24) is 15.5 Å². The van der Waals surface area contributed by atoms with Gasteiger partial charge in [0, 0.05) is 13.6 Å². The van der Waals surface area contributed by atoms with Crippen LogP contribution in [0.1, 0.15) is 6.92 Å². The standard InChI is InChI=1S/C6H15N3O/c1-4-8-6(10)9(3)5-7-2/h7H,4-5H2,1-3H3,(H,8,10). The molecule has 0 radical (unpaired) electrons. The lowest BCUT2D eigenvalue weighted by atomic mass is 10.7. The molecule has 0 saturated heterocycles. The summed E-state index contributed by atoms with van der Waals surface area (Å²) in [7, 11) is 3.54. The van der Waals surface area contributed by atoms with E-state index in [-0.39, 0.29) is 6.03 Å². The van der Waals surface area contributed by atoms with Gasteiger partial charge in [0.2, 0.25) is 0 Å². The summed E-state index contributed by atoms with van der Waals surface area (Å²) in [5.41, 5.74) is 0. The first-order chi connectivity index (χ1) is 4.72. The first-order valence-electron chi connectivity index (χ1n) is 3.36. The van der Waals surface area contributed by atoms with E-state index >= 15 is 0 Å². The van der Waals surface area contributed by atoms with Crippen molar-refractivity contribution < 1.29 is 4.79 Å². The Bertz CT molecular complexity index is 105. The van der Waals surface area contributed by atoms with Crippen LogP contribution < -0.4 is 10.6 Å². The third-order valence-corrected chi connectivity index (χ3v) is 1.07. The van der Waals surface area contributed by atoms with Crippen LogP contribution in [0.15, 0.2) is 0 Å². The molecule has 4 nitrogen and oxygen atoms in total. The van der Waals surface area contributed by atoms with Crippen LogP contribution in [0.25, 0.3) is 0 Å². The van der Waals surface area contributed by atoms with Crippen molar-refractivity contribution in [3.63, 3.8) is 0 Å². The SMILES string of the molecule is CCNC(=O)N(C)CNC. The van der Waals surface area contributed by atoms with Gasteiger partial charge in [0.15, 0.2) is 0 Å².